The summed E-state index contributed by atoms with van der Waals surface area (Å²) in [7, 11) is 1.68. The van der Waals surface area contributed by atoms with Crippen molar-refractivity contribution in [2.45, 2.75) is 37.0 Å². The fourth-order valence-electron chi connectivity index (χ4n) is 3.85. The Kier molecular flexibility index (Phi) is 6.81. The number of nitrogens with zero attached hydrogens (tertiary/aromatic N) is 3. The molecule has 1 aliphatic carbocycles. The van der Waals surface area contributed by atoms with E-state index in [-0.39, 0.29) is 11.9 Å². The van der Waals surface area contributed by atoms with E-state index in [0.29, 0.717) is 18.9 Å². The summed E-state index contributed by atoms with van der Waals surface area (Å²) in [5.41, 5.74) is 3.58. The van der Waals surface area contributed by atoms with Crippen LogP contribution in [-0.4, -0.2) is 40.1 Å². The molecule has 1 heterocycles. The summed E-state index contributed by atoms with van der Waals surface area (Å²) < 4.78 is 7.28. The third-order valence-corrected chi connectivity index (χ3v) is 6.27. The zero-order valence-corrected chi connectivity index (χ0v) is 17.9. The molecule has 2 aromatic carbocycles. The second kappa shape index (κ2) is 9.91. The normalized spacial score (nSPS) is 15.6. The molecule has 0 fully saturated rings. The van der Waals surface area contributed by atoms with Gasteiger partial charge in [0.2, 0.25) is 5.91 Å². The molecule has 1 atom stereocenters. The minimum Gasteiger partial charge on any atom is -0.383 e. The van der Waals surface area contributed by atoms with Gasteiger partial charge in [0.1, 0.15) is 0 Å². The van der Waals surface area contributed by atoms with Crippen molar-refractivity contribution in [2.24, 2.45) is 0 Å². The number of hydrogen-bond acceptors (Lipinski definition) is 5. The molecular formula is C23H26N4O2S. The third-order valence-electron chi connectivity index (χ3n) is 5.30. The minimum absolute atomic E-state index is 0.0178. The van der Waals surface area contributed by atoms with E-state index < -0.39 is 0 Å². The van der Waals surface area contributed by atoms with Crippen LogP contribution in [0.3, 0.4) is 0 Å². The number of methoxy groups -OCH3 is 1. The van der Waals surface area contributed by atoms with Crippen LogP contribution in [0.4, 0.5) is 0 Å². The average Bonchev–Trinajstić information content (AvgIpc) is 3.20. The average molecular weight is 423 g/mol. The number of amides is 1. The van der Waals surface area contributed by atoms with Crippen molar-refractivity contribution >= 4 is 17.7 Å². The molecule has 6 nitrogen and oxygen atoms in total. The van der Waals surface area contributed by atoms with Crippen molar-refractivity contribution in [1.29, 1.82) is 0 Å². The predicted octanol–water partition coefficient (Wildman–Crippen LogP) is 3.88. The molecule has 30 heavy (non-hydrogen) atoms. The van der Waals surface area contributed by atoms with Gasteiger partial charge in [-0.3, -0.25) is 9.36 Å². The van der Waals surface area contributed by atoms with E-state index in [2.05, 4.69) is 33.7 Å². The highest BCUT2D eigenvalue weighted by Crippen LogP contribution is 2.30. The third kappa shape index (κ3) is 4.74. The number of carbonyl (C=O) groups excluding carboxylic acids is 1. The topological polar surface area (TPSA) is 69.0 Å². The molecule has 1 N–H and O–H groups in total. The maximum absolute atomic E-state index is 12.7. The van der Waals surface area contributed by atoms with Crippen LogP contribution in [0, 0.1) is 0 Å². The van der Waals surface area contributed by atoms with Gasteiger partial charge >= 0.3 is 0 Å². The molecule has 1 aromatic heterocycles. The Labute approximate surface area is 181 Å². The predicted molar refractivity (Wildman–Crippen MR) is 118 cm³/mol. The smallest absolute Gasteiger partial charge is 0.230 e. The van der Waals surface area contributed by atoms with Gasteiger partial charge in [-0.1, -0.05) is 66.4 Å². The van der Waals surface area contributed by atoms with Crippen LogP contribution < -0.4 is 5.32 Å². The van der Waals surface area contributed by atoms with Crippen LogP contribution in [0.25, 0.3) is 11.4 Å². The van der Waals surface area contributed by atoms with Gasteiger partial charge in [0.25, 0.3) is 0 Å². The number of carbonyl (C=O) groups is 1. The molecule has 0 bridgehead atoms. The van der Waals surface area contributed by atoms with Crippen LogP contribution in [0.5, 0.6) is 0 Å². The largest absolute Gasteiger partial charge is 0.383 e. The van der Waals surface area contributed by atoms with Crippen molar-refractivity contribution in [1.82, 2.24) is 20.1 Å². The molecule has 0 unspecified atom stereocenters. The van der Waals surface area contributed by atoms with Gasteiger partial charge in [-0.2, -0.15) is 0 Å². The van der Waals surface area contributed by atoms with Gasteiger partial charge in [0.15, 0.2) is 11.0 Å². The van der Waals surface area contributed by atoms with Crippen LogP contribution in [0.15, 0.2) is 59.8 Å². The fourth-order valence-corrected chi connectivity index (χ4v) is 4.63. The molecule has 1 aliphatic rings. The first-order chi connectivity index (χ1) is 14.8. The molecule has 7 heteroatoms. The van der Waals surface area contributed by atoms with E-state index in [4.69, 9.17) is 4.74 Å². The van der Waals surface area contributed by atoms with Crippen LogP contribution >= 0.6 is 11.8 Å². The summed E-state index contributed by atoms with van der Waals surface area (Å²) in [6.07, 6.45) is 3.17. The zero-order valence-electron chi connectivity index (χ0n) is 17.1. The van der Waals surface area contributed by atoms with Gasteiger partial charge < -0.3 is 10.1 Å². The van der Waals surface area contributed by atoms with Gasteiger partial charge in [0, 0.05) is 12.7 Å². The summed E-state index contributed by atoms with van der Waals surface area (Å²) in [5.74, 6) is 1.11. The molecule has 0 aliphatic heterocycles. The lowest BCUT2D eigenvalue weighted by molar-refractivity contribution is -0.119. The Morgan fingerprint density at radius 2 is 1.97 bits per heavy atom. The lowest BCUT2D eigenvalue weighted by Crippen LogP contribution is -2.32. The van der Waals surface area contributed by atoms with Crippen LogP contribution in [-0.2, 0) is 22.5 Å². The minimum atomic E-state index is 0.0178. The molecule has 0 saturated carbocycles. The quantitative estimate of drug-likeness (QED) is 0.558. The summed E-state index contributed by atoms with van der Waals surface area (Å²) in [5, 5.41) is 12.6. The summed E-state index contributed by atoms with van der Waals surface area (Å²) in [6.45, 7) is 1.18. The Balaban J connectivity index is 1.43. The van der Waals surface area contributed by atoms with E-state index in [9.17, 15) is 4.79 Å². The number of rotatable bonds is 8. The standard InChI is InChI=1S/C23H26N4O2S/c1-29-15-14-27-22(18-9-3-2-4-10-18)25-26-23(27)30-16-21(28)24-20-13-7-11-17-8-5-6-12-19(17)20/h2-6,8-10,12,20H,7,11,13-16H2,1H3,(H,24,28)/t20-/m0/s1. The first kappa shape index (κ1) is 20.6. The van der Waals surface area contributed by atoms with Crippen molar-refractivity contribution < 1.29 is 9.53 Å². The van der Waals surface area contributed by atoms with E-state index in [1.165, 1.54) is 22.9 Å². The number of nitrogens with one attached hydrogen (secondary N) is 1. The molecular weight excluding hydrogens is 396 g/mol. The molecule has 0 saturated heterocycles. The highest BCUT2D eigenvalue weighted by Gasteiger charge is 2.22. The lowest BCUT2D eigenvalue weighted by atomic mass is 9.88. The Hall–Kier alpha value is -2.64. The van der Waals surface area contributed by atoms with Crippen LogP contribution in [0.1, 0.15) is 30.0 Å². The summed E-state index contributed by atoms with van der Waals surface area (Å²) in [6, 6.07) is 18.4. The second-order valence-corrected chi connectivity index (χ2v) is 8.26. The second-order valence-electron chi connectivity index (χ2n) is 7.32. The SMILES string of the molecule is COCCn1c(SCC(=O)N[C@H]2CCCc3ccccc32)nnc1-c1ccccc1. The van der Waals surface area contributed by atoms with E-state index in [0.717, 1.165) is 35.8 Å². The molecule has 0 spiro atoms. The zero-order chi connectivity index (χ0) is 20.8. The summed E-state index contributed by atoms with van der Waals surface area (Å²) in [4.78, 5) is 12.7. The highest BCUT2D eigenvalue weighted by atomic mass is 32.2. The maximum Gasteiger partial charge on any atom is 0.230 e. The number of thioether (sulfide) groups is 1. The fraction of sp³-hybridized carbons (Fsp3) is 0.348. The first-order valence-corrected chi connectivity index (χ1v) is 11.2. The number of fused-ring (bicyclic) bond motifs is 1. The lowest BCUT2D eigenvalue weighted by Gasteiger charge is -2.26. The number of aromatic nitrogens is 3. The molecule has 0 radical (unpaired) electrons. The van der Waals surface area contributed by atoms with Crippen molar-refractivity contribution in [2.75, 3.05) is 19.5 Å². The molecule has 156 valence electrons. The van der Waals surface area contributed by atoms with Gasteiger partial charge in [0.05, 0.1) is 24.9 Å². The van der Waals surface area contributed by atoms with E-state index in [1.54, 1.807) is 7.11 Å². The van der Waals surface area contributed by atoms with Gasteiger partial charge in [-0.25, -0.2) is 0 Å². The highest BCUT2D eigenvalue weighted by molar-refractivity contribution is 7.99. The Morgan fingerprint density at radius 3 is 2.80 bits per heavy atom. The van der Waals surface area contributed by atoms with Crippen molar-refractivity contribution in [3.63, 3.8) is 0 Å². The molecule has 3 aromatic rings. The van der Waals surface area contributed by atoms with Crippen molar-refractivity contribution in [3.05, 3.63) is 65.7 Å². The molecule has 1 amide bonds. The number of ether oxygens (including phenoxy) is 1. The first-order valence-electron chi connectivity index (χ1n) is 10.2. The Morgan fingerprint density at radius 1 is 1.17 bits per heavy atom. The van der Waals surface area contributed by atoms with Gasteiger partial charge in [-0.05, 0) is 30.4 Å². The number of benzene rings is 2. The molecule has 4 rings (SSSR count). The number of aryl methyl sites for hydroxylation is 1. The summed E-state index contributed by atoms with van der Waals surface area (Å²) >= 11 is 1.41. The Bertz CT molecular complexity index is 990. The monoisotopic (exact) mass is 422 g/mol. The van der Waals surface area contributed by atoms with E-state index >= 15 is 0 Å². The maximum atomic E-state index is 12.7. The van der Waals surface area contributed by atoms with Crippen LogP contribution in [0.2, 0.25) is 0 Å². The van der Waals surface area contributed by atoms with Gasteiger partial charge in [-0.15, -0.1) is 10.2 Å². The number of hydrogen-bond donors (Lipinski definition) is 1. The van der Waals surface area contributed by atoms with E-state index in [1.807, 2.05) is 41.0 Å². The van der Waals surface area contributed by atoms with Crippen molar-refractivity contribution in [3.8, 4) is 11.4 Å².